The van der Waals surface area contributed by atoms with E-state index in [2.05, 4.69) is 22.3 Å². The van der Waals surface area contributed by atoms with Crippen LogP contribution in [0.15, 0.2) is 41.9 Å². The van der Waals surface area contributed by atoms with E-state index in [-0.39, 0.29) is 5.97 Å². The Morgan fingerprint density at radius 3 is 2.96 bits per heavy atom. The molecule has 0 saturated heterocycles. The second-order valence-corrected chi connectivity index (χ2v) is 5.91. The minimum Gasteiger partial charge on any atom is -0.463 e. The van der Waals surface area contributed by atoms with Crippen molar-refractivity contribution >= 4 is 23.5 Å². The lowest BCUT2D eigenvalue weighted by molar-refractivity contribution is -0.139. The van der Waals surface area contributed by atoms with Crippen molar-refractivity contribution in [3.63, 3.8) is 0 Å². The van der Waals surface area contributed by atoms with E-state index in [4.69, 9.17) is 16.3 Å². The van der Waals surface area contributed by atoms with Crippen LogP contribution >= 0.6 is 11.6 Å². The van der Waals surface area contributed by atoms with E-state index in [1.807, 2.05) is 18.2 Å². The van der Waals surface area contributed by atoms with Crippen LogP contribution in [0.3, 0.4) is 0 Å². The predicted octanol–water partition coefficient (Wildman–Crippen LogP) is 3.56. The van der Waals surface area contributed by atoms with Gasteiger partial charge in [-0.25, -0.2) is 9.48 Å². The number of hydrogen-bond donors (Lipinski definition) is 1. The van der Waals surface area contributed by atoms with Crippen molar-refractivity contribution in [3.05, 3.63) is 52.4 Å². The van der Waals surface area contributed by atoms with Gasteiger partial charge in [0.2, 0.25) is 5.95 Å². The largest absolute Gasteiger partial charge is 0.463 e. The van der Waals surface area contributed by atoms with Crippen LogP contribution in [0.25, 0.3) is 0 Å². The summed E-state index contributed by atoms with van der Waals surface area (Å²) in [4.78, 5) is 16.9. The van der Waals surface area contributed by atoms with Crippen molar-refractivity contribution < 1.29 is 9.53 Å². The molecule has 1 aliphatic heterocycles. The number of fused-ring (bicyclic) bond motifs is 1. The number of hydrogen-bond acceptors (Lipinski definition) is 5. The molecule has 1 N–H and O–H groups in total. The molecule has 1 aromatic heterocycles. The molecular formula is C17H19ClN4O2. The average molecular weight is 347 g/mol. The van der Waals surface area contributed by atoms with Crippen LogP contribution in [-0.4, -0.2) is 27.3 Å². The Labute approximate surface area is 145 Å². The number of carbonyl (C=O) groups is 1. The third-order valence-electron chi connectivity index (χ3n) is 3.84. The minimum absolute atomic E-state index is 0.314. The topological polar surface area (TPSA) is 69.0 Å². The molecule has 2 heterocycles. The summed E-state index contributed by atoms with van der Waals surface area (Å²) in [6.07, 6.45) is 3.08. The molecule has 0 aliphatic carbocycles. The van der Waals surface area contributed by atoms with Crippen LogP contribution in [0, 0.1) is 0 Å². The molecule has 0 fully saturated rings. The first-order valence-electron chi connectivity index (χ1n) is 7.97. The van der Waals surface area contributed by atoms with E-state index in [1.54, 1.807) is 17.7 Å². The highest BCUT2D eigenvalue weighted by atomic mass is 35.5. The second-order valence-electron chi connectivity index (χ2n) is 5.47. The first-order valence-corrected chi connectivity index (χ1v) is 8.35. The number of anilines is 1. The highest BCUT2D eigenvalue weighted by molar-refractivity contribution is 6.30. The van der Waals surface area contributed by atoms with Crippen LogP contribution in [0.1, 0.15) is 38.3 Å². The summed E-state index contributed by atoms with van der Waals surface area (Å²) in [6, 6.07) is 7.01. The molecule has 7 heteroatoms. The molecule has 1 aliphatic rings. The van der Waals surface area contributed by atoms with Crippen molar-refractivity contribution in [3.8, 4) is 0 Å². The van der Waals surface area contributed by atoms with E-state index in [9.17, 15) is 4.79 Å². The molecule has 2 aromatic rings. The highest BCUT2D eigenvalue weighted by Gasteiger charge is 2.35. The number of rotatable bonds is 5. The van der Waals surface area contributed by atoms with Crippen molar-refractivity contribution in [1.29, 1.82) is 0 Å². The molecule has 24 heavy (non-hydrogen) atoms. The Morgan fingerprint density at radius 2 is 2.25 bits per heavy atom. The standard InChI is InChI=1S/C17H19ClN4O2/c1-3-6-13-14(16(23)24-4-2)15(11-7-5-8-12(18)9-11)22-17(21-13)19-10-20-22/h5,7-10,15H,3-4,6H2,1-2H3,(H,19,20,21)/t15-/m1/s1. The lowest BCUT2D eigenvalue weighted by atomic mass is 9.94. The van der Waals surface area contributed by atoms with Gasteiger partial charge in [-0.05, 0) is 31.0 Å². The van der Waals surface area contributed by atoms with Crippen molar-refractivity contribution in [2.75, 3.05) is 11.9 Å². The Hall–Kier alpha value is -2.34. The van der Waals surface area contributed by atoms with Crippen molar-refractivity contribution in [2.45, 2.75) is 32.7 Å². The van der Waals surface area contributed by atoms with Gasteiger partial charge in [0.25, 0.3) is 0 Å². The Kier molecular flexibility index (Phi) is 4.85. The second kappa shape index (κ2) is 7.05. The third-order valence-corrected chi connectivity index (χ3v) is 4.07. The van der Waals surface area contributed by atoms with Gasteiger partial charge in [0.15, 0.2) is 0 Å². The molecule has 3 rings (SSSR count). The summed E-state index contributed by atoms with van der Waals surface area (Å²) >= 11 is 6.16. The number of allylic oxidation sites excluding steroid dienone is 1. The van der Waals surface area contributed by atoms with Gasteiger partial charge in [0, 0.05) is 10.7 Å². The van der Waals surface area contributed by atoms with Crippen LogP contribution in [0.2, 0.25) is 5.02 Å². The molecule has 0 bridgehead atoms. The number of aromatic nitrogens is 3. The summed E-state index contributed by atoms with van der Waals surface area (Å²) < 4.78 is 6.99. The monoisotopic (exact) mass is 346 g/mol. The van der Waals surface area contributed by atoms with Crippen molar-refractivity contribution in [2.24, 2.45) is 0 Å². The SMILES string of the molecule is CCCC1=C(C(=O)OCC)[C@@H](c2cccc(Cl)c2)n2ncnc2N1. The Balaban J connectivity index is 2.17. The van der Waals surface area contributed by atoms with E-state index < -0.39 is 6.04 Å². The first kappa shape index (κ1) is 16.5. The van der Waals surface area contributed by atoms with E-state index >= 15 is 0 Å². The van der Waals surface area contributed by atoms with E-state index in [0.29, 0.717) is 23.2 Å². The van der Waals surface area contributed by atoms with Gasteiger partial charge in [0.05, 0.1) is 12.2 Å². The fourth-order valence-corrected chi connectivity index (χ4v) is 3.09. The van der Waals surface area contributed by atoms with Gasteiger partial charge in [-0.1, -0.05) is 37.1 Å². The first-order chi connectivity index (χ1) is 11.7. The number of carbonyl (C=O) groups excluding carboxylic acids is 1. The van der Waals surface area contributed by atoms with Crippen LogP contribution in [0.4, 0.5) is 5.95 Å². The number of halogens is 1. The smallest absolute Gasteiger partial charge is 0.338 e. The minimum atomic E-state index is -0.414. The van der Waals surface area contributed by atoms with Gasteiger partial charge < -0.3 is 10.1 Å². The zero-order valence-electron chi connectivity index (χ0n) is 13.6. The molecule has 0 amide bonds. The molecule has 0 saturated carbocycles. The molecule has 0 radical (unpaired) electrons. The van der Waals surface area contributed by atoms with Gasteiger partial charge in [-0.15, -0.1) is 0 Å². The van der Waals surface area contributed by atoms with Gasteiger partial charge in [0.1, 0.15) is 12.4 Å². The maximum absolute atomic E-state index is 12.7. The quantitative estimate of drug-likeness (QED) is 0.838. The zero-order valence-corrected chi connectivity index (χ0v) is 14.4. The maximum Gasteiger partial charge on any atom is 0.338 e. The molecule has 0 unspecified atom stereocenters. The van der Waals surface area contributed by atoms with Gasteiger partial charge >= 0.3 is 5.97 Å². The maximum atomic E-state index is 12.7. The Bertz CT molecular complexity index is 784. The normalized spacial score (nSPS) is 16.5. The Morgan fingerprint density at radius 1 is 1.42 bits per heavy atom. The number of ether oxygens (including phenoxy) is 1. The molecule has 6 nitrogen and oxygen atoms in total. The number of benzene rings is 1. The van der Waals surface area contributed by atoms with Crippen LogP contribution in [-0.2, 0) is 9.53 Å². The molecule has 1 atom stereocenters. The number of nitrogens with zero attached hydrogens (tertiary/aromatic N) is 3. The predicted molar refractivity (Wildman–Crippen MR) is 91.8 cm³/mol. The highest BCUT2D eigenvalue weighted by Crippen LogP contribution is 2.37. The van der Waals surface area contributed by atoms with E-state index in [0.717, 1.165) is 24.1 Å². The van der Waals surface area contributed by atoms with E-state index in [1.165, 1.54) is 6.33 Å². The van der Waals surface area contributed by atoms with Crippen molar-refractivity contribution in [1.82, 2.24) is 14.8 Å². The number of nitrogens with one attached hydrogen (secondary N) is 1. The molecule has 126 valence electrons. The fraction of sp³-hybridized carbons (Fsp3) is 0.353. The molecular weight excluding hydrogens is 328 g/mol. The molecule has 0 spiro atoms. The zero-order chi connectivity index (χ0) is 17.1. The molecule has 1 aromatic carbocycles. The summed E-state index contributed by atoms with van der Waals surface area (Å²) in [6.45, 7) is 4.17. The fourth-order valence-electron chi connectivity index (χ4n) is 2.89. The lowest BCUT2D eigenvalue weighted by Crippen LogP contribution is -2.30. The summed E-state index contributed by atoms with van der Waals surface area (Å²) in [7, 11) is 0. The average Bonchev–Trinajstić information content (AvgIpc) is 3.02. The van der Waals surface area contributed by atoms with Crippen LogP contribution in [0.5, 0.6) is 0 Å². The third kappa shape index (κ3) is 3.01. The summed E-state index contributed by atoms with van der Waals surface area (Å²) in [5.41, 5.74) is 2.24. The lowest BCUT2D eigenvalue weighted by Gasteiger charge is -2.29. The van der Waals surface area contributed by atoms with Gasteiger partial charge in [-0.3, -0.25) is 0 Å². The number of esters is 1. The van der Waals surface area contributed by atoms with Crippen LogP contribution < -0.4 is 5.32 Å². The summed E-state index contributed by atoms with van der Waals surface area (Å²) in [5.74, 6) is 0.260. The summed E-state index contributed by atoms with van der Waals surface area (Å²) in [5, 5.41) is 8.11. The van der Waals surface area contributed by atoms with Gasteiger partial charge in [-0.2, -0.15) is 10.1 Å².